The number of rotatable bonds is 5. The minimum atomic E-state index is -0.200. The van der Waals surface area contributed by atoms with Gasteiger partial charge in [0.2, 0.25) is 5.91 Å². The van der Waals surface area contributed by atoms with Crippen molar-refractivity contribution in [2.75, 3.05) is 24.4 Å². The SMILES string of the molecule is COCC(=O)Nc1ccc(Nc2ccc3nnnn3n2)cc1. The fourth-order valence-electron chi connectivity index (χ4n) is 1.83. The number of hydrogen-bond acceptors (Lipinski definition) is 7. The zero-order valence-electron chi connectivity index (χ0n) is 11.7. The van der Waals surface area contributed by atoms with Gasteiger partial charge in [0.05, 0.1) is 0 Å². The molecule has 9 nitrogen and oxygen atoms in total. The van der Waals surface area contributed by atoms with Gasteiger partial charge in [-0.2, -0.15) is 0 Å². The third kappa shape index (κ3) is 3.15. The van der Waals surface area contributed by atoms with E-state index in [1.165, 1.54) is 11.7 Å². The summed E-state index contributed by atoms with van der Waals surface area (Å²) in [5.41, 5.74) is 2.09. The first-order valence-electron chi connectivity index (χ1n) is 6.46. The number of fused-ring (bicyclic) bond motifs is 1. The van der Waals surface area contributed by atoms with E-state index < -0.39 is 0 Å². The van der Waals surface area contributed by atoms with Gasteiger partial charge >= 0.3 is 0 Å². The highest BCUT2D eigenvalue weighted by molar-refractivity contribution is 5.91. The number of amides is 1. The van der Waals surface area contributed by atoms with E-state index in [0.717, 1.165) is 5.69 Å². The Morgan fingerprint density at radius 3 is 2.73 bits per heavy atom. The molecule has 3 rings (SSSR count). The fraction of sp³-hybridized carbons (Fsp3) is 0.154. The molecule has 1 aromatic carbocycles. The van der Waals surface area contributed by atoms with Gasteiger partial charge < -0.3 is 15.4 Å². The van der Waals surface area contributed by atoms with Crippen LogP contribution in [0.3, 0.4) is 0 Å². The minimum absolute atomic E-state index is 0.0237. The Hall–Kier alpha value is -3.07. The number of tetrazole rings is 1. The van der Waals surface area contributed by atoms with Gasteiger partial charge in [-0.25, -0.2) is 0 Å². The second-order valence-electron chi connectivity index (χ2n) is 4.43. The van der Waals surface area contributed by atoms with Gasteiger partial charge in [-0.1, -0.05) is 0 Å². The van der Waals surface area contributed by atoms with Crippen molar-refractivity contribution in [3.8, 4) is 0 Å². The molecule has 0 bridgehead atoms. The first-order valence-corrected chi connectivity index (χ1v) is 6.46. The van der Waals surface area contributed by atoms with E-state index in [1.54, 1.807) is 24.3 Å². The standard InChI is InChI=1S/C13H13N7O2/c1-22-8-13(21)15-10-4-2-9(3-5-10)14-11-6-7-12-16-18-19-20(12)17-11/h2-7H,8H2,1H3,(H,14,17)(H,15,21). The molecule has 0 saturated heterocycles. The largest absolute Gasteiger partial charge is 0.375 e. The van der Waals surface area contributed by atoms with Crippen LogP contribution >= 0.6 is 0 Å². The van der Waals surface area contributed by atoms with Crippen molar-refractivity contribution < 1.29 is 9.53 Å². The van der Waals surface area contributed by atoms with Gasteiger partial charge in [0.25, 0.3) is 0 Å². The number of carbonyl (C=O) groups excluding carboxylic acids is 1. The van der Waals surface area contributed by atoms with Gasteiger partial charge in [0.15, 0.2) is 11.5 Å². The van der Waals surface area contributed by atoms with Gasteiger partial charge in [-0.3, -0.25) is 4.79 Å². The van der Waals surface area contributed by atoms with E-state index in [4.69, 9.17) is 4.74 Å². The van der Waals surface area contributed by atoms with Crippen LogP contribution in [0.5, 0.6) is 0 Å². The van der Waals surface area contributed by atoms with Crippen LogP contribution in [0.1, 0.15) is 0 Å². The Labute approximate surface area is 125 Å². The molecule has 2 aromatic heterocycles. The van der Waals surface area contributed by atoms with Crippen LogP contribution in [-0.2, 0) is 9.53 Å². The van der Waals surface area contributed by atoms with Crippen molar-refractivity contribution in [1.82, 2.24) is 25.3 Å². The van der Waals surface area contributed by atoms with Crippen molar-refractivity contribution in [3.63, 3.8) is 0 Å². The highest BCUT2D eigenvalue weighted by atomic mass is 16.5. The molecule has 0 aliphatic rings. The van der Waals surface area contributed by atoms with Crippen LogP contribution < -0.4 is 10.6 Å². The molecule has 1 amide bonds. The Bertz CT molecular complexity index is 784. The quantitative estimate of drug-likeness (QED) is 0.719. The second kappa shape index (κ2) is 6.14. The molecule has 0 aliphatic carbocycles. The summed E-state index contributed by atoms with van der Waals surface area (Å²) in [6.45, 7) is 0.0237. The van der Waals surface area contributed by atoms with E-state index in [0.29, 0.717) is 17.2 Å². The van der Waals surface area contributed by atoms with Gasteiger partial charge in [0, 0.05) is 18.5 Å². The van der Waals surface area contributed by atoms with Crippen LogP contribution in [-0.4, -0.2) is 44.9 Å². The molecule has 3 aromatic rings. The third-order valence-corrected chi connectivity index (χ3v) is 2.79. The molecule has 0 atom stereocenters. The number of benzene rings is 1. The van der Waals surface area contributed by atoms with Gasteiger partial charge in [-0.05, 0) is 46.8 Å². The van der Waals surface area contributed by atoms with E-state index in [1.807, 2.05) is 12.1 Å². The molecule has 0 spiro atoms. The van der Waals surface area contributed by atoms with E-state index in [2.05, 4.69) is 31.3 Å². The number of anilines is 3. The molecule has 112 valence electrons. The number of methoxy groups -OCH3 is 1. The normalized spacial score (nSPS) is 10.6. The maximum absolute atomic E-state index is 11.4. The molecule has 0 unspecified atom stereocenters. The first-order chi connectivity index (χ1) is 10.7. The summed E-state index contributed by atoms with van der Waals surface area (Å²) < 4.78 is 6.09. The lowest BCUT2D eigenvalue weighted by Crippen LogP contribution is -2.16. The fourth-order valence-corrected chi connectivity index (χ4v) is 1.83. The summed E-state index contributed by atoms with van der Waals surface area (Å²) in [5, 5.41) is 21.1. The van der Waals surface area contributed by atoms with E-state index in [-0.39, 0.29) is 12.5 Å². The summed E-state index contributed by atoms with van der Waals surface area (Å²) in [5.74, 6) is 0.407. The van der Waals surface area contributed by atoms with Gasteiger partial charge in [-0.15, -0.1) is 14.8 Å². The summed E-state index contributed by atoms with van der Waals surface area (Å²) in [6.07, 6.45) is 0. The zero-order chi connectivity index (χ0) is 15.4. The number of ether oxygens (including phenoxy) is 1. The topological polar surface area (TPSA) is 106 Å². The molecule has 0 fully saturated rings. The highest BCUT2D eigenvalue weighted by Gasteiger charge is 2.03. The van der Waals surface area contributed by atoms with Crippen molar-refractivity contribution in [3.05, 3.63) is 36.4 Å². The molecule has 2 heterocycles. The van der Waals surface area contributed by atoms with Crippen LogP contribution in [0.2, 0.25) is 0 Å². The molecule has 0 radical (unpaired) electrons. The van der Waals surface area contributed by atoms with Crippen LogP contribution in [0, 0.1) is 0 Å². The van der Waals surface area contributed by atoms with Crippen molar-refractivity contribution in [2.45, 2.75) is 0 Å². The summed E-state index contributed by atoms with van der Waals surface area (Å²) in [6, 6.07) is 10.8. The Balaban J connectivity index is 1.68. The van der Waals surface area contributed by atoms with Crippen LogP contribution in [0.4, 0.5) is 17.2 Å². The maximum Gasteiger partial charge on any atom is 0.250 e. The molecule has 0 saturated carbocycles. The van der Waals surface area contributed by atoms with E-state index in [9.17, 15) is 4.79 Å². The average molecular weight is 299 g/mol. The van der Waals surface area contributed by atoms with Crippen molar-refractivity contribution in [1.29, 1.82) is 0 Å². The highest BCUT2D eigenvalue weighted by Crippen LogP contribution is 2.17. The molecule has 0 aliphatic heterocycles. The lowest BCUT2D eigenvalue weighted by Gasteiger charge is -2.07. The zero-order valence-corrected chi connectivity index (χ0v) is 11.7. The van der Waals surface area contributed by atoms with Crippen molar-refractivity contribution >= 4 is 28.7 Å². The monoisotopic (exact) mass is 299 g/mol. The predicted molar refractivity (Wildman–Crippen MR) is 78.8 cm³/mol. The Morgan fingerprint density at radius 2 is 1.95 bits per heavy atom. The summed E-state index contributed by atoms with van der Waals surface area (Å²) >= 11 is 0. The Morgan fingerprint density at radius 1 is 1.18 bits per heavy atom. The number of hydrogen-bond donors (Lipinski definition) is 2. The second-order valence-corrected chi connectivity index (χ2v) is 4.43. The molecule has 2 N–H and O–H groups in total. The third-order valence-electron chi connectivity index (χ3n) is 2.79. The maximum atomic E-state index is 11.4. The lowest BCUT2D eigenvalue weighted by molar-refractivity contribution is -0.119. The van der Waals surface area contributed by atoms with Crippen molar-refractivity contribution in [2.24, 2.45) is 0 Å². The van der Waals surface area contributed by atoms with E-state index >= 15 is 0 Å². The lowest BCUT2D eigenvalue weighted by atomic mass is 10.2. The predicted octanol–water partition coefficient (Wildman–Crippen LogP) is 0.848. The molecule has 22 heavy (non-hydrogen) atoms. The van der Waals surface area contributed by atoms with Gasteiger partial charge in [0.1, 0.15) is 6.61 Å². The number of aromatic nitrogens is 5. The smallest absolute Gasteiger partial charge is 0.250 e. The average Bonchev–Trinajstić information content (AvgIpc) is 2.97. The number of nitrogens with one attached hydrogen (secondary N) is 2. The number of carbonyl (C=O) groups is 1. The molecular weight excluding hydrogens is 286 g/mol. The first kappa shape index (κ1) is 13.9. The summed E-state index contributed by atoms with van der Waals surface area (Å²) in [7, 11) is 1.47. The van der Waals surface area contributed by atoms with Crippen LogP contribution in [0.15, 0.2) is 36.4 Å². The Kier molecular flexibility index (Phi) is 3.88. The molecule has 9 heteroatoms. The number of nitrogens with zero attached hydrogens (tertiary/aromatic N) is 5. The van der Waals surface area contributed by atoms with Crippen LogP contribution in [0.25, 0.3) is 5.65 Å². The molecular formula is C13H13N7O2. The summed E-state index contributed by atoms with van der Waals surface area (Å²) in [4.78, 5) is 11.4. The minimum Gasteiger partial charge on any atom is -0.375 e.